The molecule has 0 amide bonds. The Morgan fingerprint density at radius 1 is 1.00 bits per heavy atom. The van der Waals surface area contributed by atoms with Gasteiger partial charge in [0.05, 0.1) is 0 Å². The van der Waals surface area contributed by atoms with Gasteiger partial charge in [0.1, 0.15) is 0 Å². The molecule has 0 saturated heterocycles. The predicted octanol–water partition coefficient (Wildman–Crippen LogP) is 3.54. The Balaban J connectivity index is 2.55. The van der Waals surface area contributed by atoms with Gasteiger partial charge in [-0.3, -0.25) is 0 Å². The van der Waals surface area contributed by atoms with E-state index in [0.717, 1.165) is 0 Å². The standard InChI is InChI=1S/C12H14/c1-9-5-3-4-6-11-10(2)7-8-12(9)11/h4,6-8H,3,5H2,1-2H3. The average Bonchev–Trinajstić information content (AvgIpc) is 2.30. The smallest absolute Gasteiger partial charge is 0.0158 e. The van der Waals surface area contributed by atoms with Crippen LogP contribution >= 0.6 is 0 Å². The lowest BCUT2D eigenvalue weighted by Gasteiger charge is -2.02. The molecule has 0 atom stereocenters. The minimum Gasteiger partial charge on any atom is -0.0836 e. The van der Waals surface area contributed by atoms with Crippen molar-refractivity contribution >= 4 is 0 Å². The minimum atomic E-state index is 1.19. The molecule has 2 aliphatic carbocycles. The van der Waals surface area contributed by atoms with Crippen LogP contribution in [0.3, 0.4) is 0 Å². The van der Waals surface area contributed by atoms with Gasteiger partial charge < -0.3 is 0 Å². The van der Waals surface area contributed by atoms with Crippen molar-refractivity contribution in [3.63, 3.8) is 0 Å². The summed E-state index contributed by atoms with van der Waals surface area (Å²) < 4.78 is 0. The fourth-order valence-electron chi connectivity index (χ4n) is 1.83. The molecular formula is C12H14. The average molecular weight is 158 g/mol. The quantitative estimate of drug-likeness (QED) is 0.506. The third-order valence-corrected chi connectivity index (χ3v) is 2.65. The molecule has 0 spiro atoms. The van der Waals surface area contributed by atoms with Crippen molar-refractivity contribution in [2.45, 2.75) is 26.7 Å². The van der Waals surface area contributed by atoms with Crippen molar-refractivity contribution in [2.24, 2.45) is 0 Å². The molecule has 0 radical (unpaired) electrons. The first-order chi connectivity index (χ1) is 5.79. The zero-order chi connectivity index (χ0) is 8.55. The predicted molar refractivity (Wildman–Crippen MR) is 52.9 cm³/mol. The van der Waals surface area contributed by atoms with E-state index in [2.05, 4.69) is 38.2 Å². The summed E-state index contributed by atoms with van der Waals surface area (Å²) in [7, 11) is 0. The molecule has 2 rings (SSSR count). The molecule has 0 aromatic carbocycles. The van der Waals surface area contributed by atoms with Gasteiger partial charge in [0.15, 0.2) is 0 Å². The highest BCUT2D eigenvalue weighted by Crippen LogP contribution is 2.31. The summed E-state index contributed by atoms with van der Waals surface area (Å²) in [6, 6.07) is 0. The Morgan fingerprint density at radius 3 is 2.67 bits per heavy atom. The van der Waals surface area contributed by atoms with Gasteiger partial charge in [-0.1, -0.05) is 29.9 Å². The maximum atomic E-state index is 2.28. The number of rotatable bonds is 0. The molecule has 62 valence electrons. The zero-order valence-corrected chi connectivity index (χ0v) is 7.72. The topological polar surface area (TPSA) is 0 Å². The Kier molecular flexibility index (Phi) is 1.76. The molecule has 0 aliphatic heterocycles. The zero-order valence-electron chi connectivity index (χ0n) is 7.72. The summed E-state index contributed by atoms with van der Waals surface area (Å²) in [5, 5.41) is 0. The first-order valence-electron chi connectivity index (χ1n) is 4.54. The Hall–Kier alpha value is -1.04. The molecule has 0 nitrogen and oxygen atoms in total. The highest BCUT2D eigenvalue weighted by Gasteiger charge is 2.12. The van der Waals surface area contributed by atoms with E-state index in [9.17, 15) is 0 Å². The number of allylic oxidation sites excluding steroid dienone is 8. The third kappa shape index (κ3) is 1.08. The van der Waals surface area contributed by atoms with Crippen molar-refractivity contribution in [2.75, 3.05) is 0 Å². The van der Waals surface area contributed by atoms with Gasteiger partial charge in [0, 0.05) is 0 Å². The summed E-state index contributed by atoms with van der Waals surface area (Å²) in [4.78, 5) is 0. The molecular weight excluding hydrogens is 144 g/mol. The highest BCUT2D eigenvalue weighted by atomic mass is 14.2. The van der Waals surface area contributed by atoms with E-state index < -0.39 is 0 Å². The van der Waals surface area contributed by atoms with Crippen molar-refractivity contribution in [1.29, 1.82) is 0 Å². The molecule has 0 heteroatoms. The maximum Gasteiger partial charge on any atom is -0.0158 e. The lowest BCUT2D eigenvalue weighted by molar-refractivity contribution is 0.978. The summed E-state index contributed by atoms with van der Waals surface area (Å²) in [5.74, 6) is 0. The molecule has 0 heterocycles. The van der Waals surface area contributed by atoms with E-state index in [1.165, 1.54) is 35.1 Å². The first kappa shape index (κ1) is 7.60. The van der Waals surface area contributed by atoms with Gasteiger partial charge in [0.2, 0.25) is 0 Å². The fraction of sp³-hybridized carbons (Fsp3) is 0.333. The molecule has 0 unspecified atom stereocenters. The second-order valence-corrected chi connectivity index (χ2v) is 3.57. The Bertz CT molecular complexity index is 322. The molecule has 0 fully saturated rings. The molecule has 0 saturated carbocycles. The van der Waals surface area contributed by atoms with Crippen LogP contribution < -0.4 is 0 Å². The highest BCUT2D eigenvalue weighted by molar-refractivity contribution is 5.60. The molecule has 0 N–H and O–H groups in total. The molecule has 2 aliphatic rings. The van der Waals surface area contributed by atoms with Crippen LogP contribution in [0.1, 0.15) is 26.7 Å². The van der Waals surface area contributed by atoms with Gasteiger partial charge in [-0.2, -0.15) is 0 Å². The van der Waals surface area contributed by atoms with Crippen molar-refractivity contribution in [3.05, 3.63) is 46.6 Å². The van der Waals surface area contributed by atoms with Crippen LogP contribution in [-0.2, 0) is 0 Å². The first-order valence-corrected chi connectivity index (χ1v) is 4.54. The number of fused-ring (bicyclic) bond motifs is 1. The largest absolute Gasteiger partial charge is 0.0836 e. The van der Waals surface area contributed by atoms with Crippen LogP contribution in [0.5, 0.6) is 0 Å². The second-order valence-electron chi connectivity index (χ2n) is 3.57. The number of hydrogen-bond acceptors (Lipinski definition) is 0. The molecule has 12 heavy (non-hydrogen) atoms. The van der Waals surface area contributed by atoms with E-state index in [4.69, 9.17) is 0 Å². The van der Waals surface area contributed by atoms with Crippen LogP contribution in [0.2, 0.25) is 0 Å². The van der Waals surface area contributed by atoms with E-state index in [1.54, 1.807) is 0 Å². The monoisotopic (exact) mass is 158 g/mol. The Morgan fingerprint density at radius 2 is 1.83 bits per heavy atom. The van der Waals surface area contributed by atoms with E-state index >= 15 is 0 Å². The van der Waals surface area contributed by atoms with Gasteiger partial charge >= 0.3 is 0 Å². The van der Waals surface area contributed by atoms with Gasteiger partial charge in [0.25, 0.3) is 0 Å². The molecule has 0 bridgehead atoms. The van der Waals surface area contributed by atoms with Crippen LogP contribution in [-0.4, -0.2) is 0 Å². The van der Waals surface area contributed by atoms with Gasteiger partial charge in [-0.15, -0.1) is 0 Å². The third-order valence-electron chi connectivity index (χ3n) is 2.65. The van der Waals surface area contributed by atoms with Crippen LogP contribution in [0.25, 0.3) is 0 Å². The lowest BCUT2D eigenvalue weighted by Crippen LogP contribution is -1.84. The minimum absolute atomic E-state index is 1.19. The van der Waals surface area contributed by atoms with Crippen molar-refractivity contribution in [3.8, 4) is 0 Å². The molecule has 0 aromatic heterocycles. The van der Waals surface area contributed by atoms with Gasteiger partial charge in [-0.05, 0) is 43.4 Å². The molecule has 0 aromatic rings. The summed E-state index contributed by atoms with van der Waals surface area (Å²) in [6.07, 6.45) is 11.4. The van der Waals surface area contributed by atoms with Crippen LogP contribution in [0, 0.1) is 0 Å². The van der Waals surface area contributed by atoms with Crippen LogP contribution in [0.4, 0.5) is 0 Å². The van der Waals surface area contributed by atoms with E-state index in [0.29, 0.717) is 0 Å². The Labute approximate surface area is 74.0 Å². The fourth-order valence-corrected chi connectivity index (χ4v) is 1.83. The van der Waals surface area contributed by atoms with Gasteiger partial charge in [-0.25, -0.2) is 0 Å². The number of hydrogen-bond donors (Lipinski definition) is 0. The van der Waals surface area contributed by atoms with Crippen LogP contribution in [0.15, 0.2) is 46.6 Å². The second kappa shape index (κ2) is 2.78. The maximum absolute atomic E-state index is 2.28. The SMILES string of the molecule is CC1=C2C=CCCC(C)=C2C=C1. The normalized spacial score (nSPS) is 21.8. The van der Waals surface area contributed by atoms with E-state index in [-0.39, 0.29) is 0 Å². The van der Waals surface area contributed by atoms with Crippen molar-refractivity contribution < 1.29 is 0 Å². The summed E-state index contributed by atoms with van der Waals surface area (Å²) in [5.41, 5.74) is 5.83. The van der Waals surface area contributed by atoms with E-state index in [1.807, 2.05) is 0 Å². The summed E-state index contributed by atoms with van der Waals surface area (Å²) >= 11 is 0. The summed E-state index contributed by atoms with van der Waals surface area (Å²) in [6.45, 7) is 4.42. The van der Waals surface area contributed by atoms with Crippen molar-refractivity contribution in [1.82, 2.24) is 0 Å². The lowest BCUT2D eigenvalue weighted by atomic mass is 10.0.